The van der Waals surface area contributed by atoms with E-state index >= 15 is 0 Å². The van der Waals surface area contributed by atoms with E-state index in [1.54, 1.807) is 0 Å². The number of aromatic carboxylic acids is 1. The lowest BCUT2D eigenvalue weighted by Gasteiger charge is -2.15. The monoisotopic (exact) mass is 473 g/mol. The van der Waals surface area contributed by atoms with Gasteiger partial charge < -0.3 is 25.8 Å². The molecular formula is C26H23N3O6. The molecule has 9 nitrogen and oxygen atoms in total. The Balaban J connectivity index is 1.33. The highest BCUT2D eigenvalue weighted by atomic mass is 16.5. The van der Waals surface area contributed by atoms with E-state index in [1.165, 1.54) is 25.1 Å². The zero-order valence-corrected chi connectivity index (χ0v) is 18.8. The van der Waals surface area contributed by atoms with Crippen molar-refractivity contribution in [3.05, 3.63) is 83.4 Å². The molecule has 0 spiro atoms. The van der Waals surface area contributed by atoms with Crippen LogP contribution in [0.5, 0.6) is 0 Å². The van der Waals surface area contributed by atoms with Crippen LogP contribution in [-0.2, 0) is 14.3 Å². The summed E-state index contributed by atoms with van der Waals surface area (Å²) < 4.78 is 5.39. The maximum absolute atomic E-state index is 12.3. The number of anilines is 2. The van der Waals surface area contributed by atoms with E-state index in [9.17, 15) is 24.3 Å². The highest BCUT2D eigenvalue weighted by Crippen LogP contribution is 2.44. The highest BCUT2D eigenvalue weighted by Gasteiger charge is 2.29. The fraction of sp³-hybridized carbons (Fsp3) is 0.154. The number of carbonyl (C=O) groups excluding carboxylic acids is 3. The van der Waals surface area contributed by atoms with Crippen molar-refractivity contribution in [2.75, 3.05) is 23.8 Å². The van der Waals surface area contributed by atoms with Crippen molar-refractivity contribution in [3.63, 3.8) is 0 Å². The maximum Gasteiger partial charge on any atom is 0.407 e. The number of nitrogens with one attached hydrogen (secondary N) is 3. The number of rotatable bonds is 7. The van der Waals surface area contributed by atoms with Gasteiger partial charge in [0.2, 0.25) is 11.8 Å². The first-order valence-electron chi connectivity index (χ1n) is 10.9. The number of benzene rings is 3. The second-order valence-corrected chi connectivity index (χ2v) is 7.97. The Morgan fingerprint density at radius 2 is 1.51 bits per heavy atom. The lowest BCUT2D eigenvalue weighted by molar-refractivity contribution is -0.115. The van der Waals surface area contributed by atoms with Crippen LogP contribution in [0.4, 0.5) is 16.2 Å². The normalized spacial score (nSPS) is 11.7. The van der Waals surface area contributed by atoms with Gasteiger partial charge in [-0.05, 0) is 40.5 Å². The summed E-state index contributed by atoms with van der Waals surface area (Å²) >= 11 is 0. The van der Waals surface area contributed by atoms with Gasteiger partial charge in [-0.2, -0.15) is 0 Å². The topological polar surface area (TPSA) is 134 Å². The van der Waals surface area contributed by atoms with Crippen LogP contribution >= 0.6 is 0 Å². The van der Waals surface area contributed by atoms with Gasteiger partial charge in [-0.25, -0.2) is 9.59 Å². The third-order valence-electron chi connectivity index (χ3n) is 5.58. The average molecular weight is 473 g/mol. The standard InChI is InChI=1S/C26H23N3O6/c1-15(30)28-16-10-11-23(21(12-16)25(32)33)29-24(31)13-27-26(34)35-14-22-19-8-4-2-6-17(19)18-7-3-5-9-20(18)22/h2-12,22H,13-14H2,1H3,(H,27,34)(H,28,30)(H,29,31)(H,32,33). The van der Waals surface area contributed by atoms with E-state index in [2.05, 4.69) is 16.0 Å². The molecule has 35 heavy (non-hydrogen) atoms. The SMILES string of the molecule is CC(=O)Nc1ccc(NC(=O)CNC(=O)OCC2c3ccccc3-c3ccccc32)c(C(=O)O)c1. The number of hydrogen-bond donors (Lipinski definition) is 4. The molecule has 1 aliphatic carbocycles. The summed E-state index contributed by atoms with van der Waals surface area (Å²) in [5, 5.41) is 16.7. The van der Waals surface area contributed by atoms with Crippen LogP contribution < -0.4 is 16.0 Å². The fourth-order valence-corrected chi connectivity index (χ4v) is 4.11. The Hall–Kier alpha value is -4.66. The molecule has 0 saturated carbocycles. The molecular weight excluding hydrogens is 450 g/mol. The summed E-state index contributed by atoms with van der Waals surface area (Å²) in [6.07, 6.45) is -0.763. The van der Waals surface area contributed by atoms with Crippen molar-refractivity contribution in [2.24, 2.45) is 0 Å². The molecule has 0 fully saturated rings. The summed E-state index contributed by atoms with van der Waals surface area (Å²) in [4.78, 5) is 47.3. The van der Waals surface area contributed by atoms with Gasteiger partial charge in [-0.3, -0.25) is 9.59 Å². The predicted octanol–water partition coefficient (Wildman–Crippen LogP) is 3.82. The zero-order chi connectivity index (χ0) is 24.9. The molecule has 0 bridgehead atoms. The van der Waals surface area contributed by atoms with Crippen molar-refractivity contribution < 1.29 is 29.0 Å². The first-order valence-corrected chi connectivity index (χ1v) is 10.9. The second kappa shape index (κ2) is 10.1. The van der Waals surface area contributed by atoms with Crippen molar-refractivity contribution in [1.82, 2.24) is 5.32 Å². The Kier molecular flexibility index (Phi) is 6.77. The van der Waals surface area contributed by atoms with Crippen molar-refractivity contribution in [3.8, 4) is 11.1 Å². The Morgan fingerprint density at radius 1 is 0.886 bits per heavy atom. The van der Waals surface area contributed by atoms with Gasteiger partial charge >= 0.3 is 12.1 Å². The molecule has 0 aliphatic heterocycles. The van der Waals surface area contributed by atoms with Crippen molar-refractivity contribution in [2.45, 2.75) is 12.8 Å². The molecule has 3 amide bonds. The molecule has 3 aromatic rings. The first kappa shape index (κ1) is 23.5. The largest absolute Gasteiger partial charge is 0.478 e. The number of amides is 3. The van der Waals surface area contributed by atoms with Crippen LogP contribution in [0.25, 0.3) is 11.1 Å². The number of carboxylic acids is 1. The number of carbonyl (C=O) groups is 4. The minimum Gasteiger partial charge on any atom is -0.478 e. The Morgan fingerprint density at radius 3 is 2.11 bits per heavy atom. The molecule has 0 aromatic heterocycles. The Bertz CT molecular complexity index is 1270. The van der Waals surface area contributed by atoms with Gasteiger partial charge in [-0.15, -0.1) is 0 Å². The first-order chi connectivity index (χ1) is 16.8. The van der Waals surface area contributed by atoms with Gasteiger partial charge in [0.1, 0.15) is 13.2 Å². The lowest BCUT2D eigenvalue weighted by Crippen LogP contribution is -2.34. The van der Waals surface area contributed by atoms with E-state index in [0.29, 0.717) is 0 Å². The molecule has 0 saturated heterocycles. The van der Waals surface area contributed by atoms with Gasteiger partial charge in [0.15, 0.2) is 0 Å². The second-order valence-electron chi connectivity index (χ2n) is 7.97. The van der Waals surface area contributed by atoms with E-state index in [-0.39, 0.29) is 35.4 Å². The van der Waals surface area contributed by atoms with Gasteiger partial charge in [0, 0.05) is 18.5 Å². The molecule has 4 rings (SSSR count). The third-order valence-corrected chi connectivity index (χ3v) is 5.58. The Labute approximate surface area is 201 Å². The molecule has 0 unspecified atom stereocenters. The highest BCUT2D eigenvalue weighted by molar-refractivity contribution is 6.03. The minimum absolute atomic E-state index is 0.0333. The quantitative estimate of drug-likeness (QED) is 0.412. The fourth-order valence-electron chi connectivity index (χ4n) is 4.11. The van der Waals surface area contributed by atoms with Crippen LogP contribution in [-0.4, -0.2) is 42.1 Å². The molecule has 3 aromatic carbocycles. The summed E-state index contributed by atoms with van der Waals surface area (Å²) in [6.45, 7) is 0.990. The van der Waals surface area contributed by atoms with Crippen LogP contribution in [0.15, 0.2) is 66.7 Å². The summed E-state index contributed by atoms with van der Waals surface area (Å²) in [7, 11) is 0. The number of fused-ring (bicyclic) bond motifs is 3. The molecule has 178 valence electrons. The third kappa shape index (κ3) is 5.30. The molecule has 1 aliphatic rings. The van der Waals surface area contributed by atoms with E-state index in [0.717, 1.165) is 22.3 Å². The van der Waals surface area contributed by atoms with Crippen LogP contribution in [0.3, 0.4) is 0 Å². The summed E-state index contributed by atoms with van der Waals surface area (Å²) in [6, 6.07) is 19.9. The molecule has 0 radical (unpaired) electrons. The minimum atomic E-state index is -1.28. The van der Waals surface area contributed by atoms with Crippen LogP contribution in [0, 0.1) is 0 Å². The average Bonchev–Trinajstić information content (AvgIpc) is 3.15. The molecule has 0 heterocycles. The van der Waals surface area contributed by atoms with Crippen LogP contribution in [0.1, 0.15) is 34.3 Å². The molecule has 4 N–H and O–H groups in total. The van der Waals surface area contributed by atoms with E-state index < -0.39 is 24.5 Å². The predicted molar refractivity (Wildman–Crippen MR) is 129 cm³/mol. The molecule has 0 atom stereocenters. The summed E-state index contributed by atoms with van der Waals surface area (Å²) in [5.74, 6) is -2.38. The zero-order valence-electron chi connectivity index (χ0n) is 18.8. The van der Waals surface area contributed by atoms with Crippen LogP contribution in [0.2, 0.25) is 0 Å². The number of carboxylic acid groups (broad SMARTS) is 1. The van der Waals surface area contributed by atoms with Crippen molar-refractivity contribution in [1.29, 1.82) is 0 Å². The number of hydrogen-bond acceptors (Lipinski definition) is 5. The van der Waals surface area contributed by atoms with Crippen molar-refractivity contribution >= 4 is 35.3 Å². The number of alkyl carbamates (subject to hydrolysis) is 1. The van der Waals surface area contributed by atoms with E-state index in [4.69, 9.17) is 4.74 Å². The smallest absolute Gasteiger partial charge is 0.407 e. The maximum atomic E-state index is 12.3. The van der Waals surface area contributed by atoms with Gasteiger partial charge in [0.25, 0.3) is 0 Å². The number of ether oxygens (including phenoxy) is 1. The summed E-state index contributed by atoms with van der Waals surface area (Å²) in [5.41, 5.74) is 4.47. The lowest BCUT2D eigenvalue weighted by atomic mass is 9.98. The van der Waals surface area contributed by atoms with E-state index in [1.807, 2.05) is 48.5 Å². The van der Waals surface area contributed by atoms with Gasteiger partial charge in [-0.1, -0.05) is 48.5 Å². The van der Waals surface area contributed by atoms with Gasteiger partial charge in [0.05, 0.1) is 11.3 Å². The molecule has 9 heteroatoms.